The van der Waals surface area contributed by atoms with Crippen LogP contribution in [0, 0.1) is 29.1 Å². The van der Waals surface area contributed by atoms with Gasteiger partial charge in [0.05, 0.1) is 6.54 Å². The number of fused-ring (bicyclic) bond motifs is 2. The molecule has 1 saturated heterocycles. The second-order valence-corrected chi connectivity index (χ2v) is 13.0. The number of benzene rings is 2. The Labute approximate surface area is 221 Å². The molecule has 2 heterocycles. The van der Waals surface area contributed by atoms with E-state index in [0.29, 0.717) is 18.2 Å². The second kappa shape index (κ2) is 9.38. The van der Waals surface area contributed by atoms with Crippen LogP contribution in [-0.4, -0.2) is 42.8 Å². The second-order valence-electron chi connectivity index (χ2n) is 13.0. The number of anilines is 1. The molecule has 0 unspecified atom stereocenters. The van der Waals surface area contributed by atoms with Crippen LogP contribution in [0.25, 0.3) is 0 Å². The molecule has 0 radical (unpaired) electrons. The number of hydrogen-bond donors (Lipinski definition) is 0. The van der Waals surface area contributed by atoms with Gasteiger partial charge in [-0.15, -0.1) is 0 Å². The molecule has 37 heavy (non-hydrogen) atoms. The summed E-state index contributed by atoms with van der Waals surface area (Å²) in [5.74, 6) is 3.63. The maximum Gasteiger partial charge on any atom is 0.258 e. The molecule has 0 spiro atoms. The lowest BCUT2D eigenvalue weighted by atomic mass is 9.48. The van der Waals surface area contributed by atoms with E-state index < -0.39 is 0 Å². The van der Waals surface area contributed by atoms with E-state index in [1.807, 2.05) is 18.2 Å². The van der Waals surface area contributed by atoms with Crippen molar-refractivity contribution in [2.75, 3.05) is 31.1 Å². The van der Waals surface area contributed by atoms with Crippen LogP contribution in [0.15, 0.2) is 48.5 Å². The van der Waals surface area contributed by atoms with Gasteiger partial charge in [-0.25, -0.2) is 0 Å². The molecule has 5 fully saturated rings. The summed E-state index contributed by atoms with van der Waals surface area (Å²) in [6, 6.07) is 16.6. The number of ketones is 1. The van der Waals surface area contributed by atoms with Gasteiger partial charge in [-0.1, -0.05) is 36.4 Å². The number of nitrogens with zero attached hydrogens (tertiary/aromatic N) is 2. The molecule has 2 aliphatic heterocycles. The number of rotatable bonds is 5. The number of para-hydroxylation sites is 1. The number of aryl methyl sites for hydroxylation is 2. The minimum Gasteiger partial charge on any atom is -0.308 e. The molecule has 6 aliphatic rings. The first kappa shape index (κ1) is 23.6. The highest BCUT2D eigenvalue weighted by Crippen LogP contribution is 2.60. The molecule has 2 aromatic carbocycles. The third-order valence-corrected chi connectivity index (χ3v) is 10.6. The molecule has 0 N–H and O–H groups in total. The largest absolute Gasteiger partial charge is 0.308 e. The molecule has 4 bridgehead atoms. The van der Waals surface area contributed by atoms with E-state index in [0.717, 1.165) is 79.9 Å². The molecular formula is C33H40N2O2. The van der Waals surface area contributed by atoms with Crippen LogP contribution < -0.4 is 4.90 Å². The van der Waals surface area contributed by atoms with Crippen LogP contribution in [0.5, 0.6) is 0 Å². The van der Waals surface area contributed by atoms with Crippen LogP contribution in [0.4, 0.5) is 5.69 Å². The highest BCUT2D eigenvalue weighted by Gasteiger charge is 2.54. The number of amides is 1. The lowest BCUT2D eigenvalue weighted by Gasteiger charge is -2.56. The lowest BCUT2D eigenvalue weighted by Crippen LogP contribution is -2.53. The molecule has 4 heteroatoms. The van der Waals surface area contributed by atoms with Gasteiger partial charge in [-0.2, -0.15) is 0 Å². The molecule has 0 atom stereocenters. The van der Waals surface area contributed by atoms with E-state index in [-0.39, 0.29) is 11.3 Å². The molecular weight excluding hydrogens is 456 g/mol. The van der Waals surface area contributed by atoms with Crippen molar-refractivity contribution in [3.8, 4) is 0 Å². The number of carbonyl (C=O) groups is 2. The third-order valence-electron chi connectivity index (χ3n) is 10.6. The predicted octanol–water partition coefficient (Wildman–Crippen LogP) is 5.93. The van der Waals surface area contributed by atoms with Gasteiger partial charge in [0.2, 0.25) is 0 Å². The van der Waals surface area contributed by atoms with E-state index in [1.54, 1.807) is 0 Å². The van der Waals surface area contributed by atoms with E-state index in [2.05, 4.69) is 40.1 Å². The first-order valence-electron chi connectivity index (χ1n) is 14.8. The first-order valence-corrected chi connectivity index (χ1v) is 14.8. The molecule has 0 aromatic heterocycles. The summed E-state index contributed by atoms with van der Waals surface area (Å²) in [5, 5.41) is 0. The summed E-state index contributed by atoms with van der Waals surface area (Å²) in [5.41, 5.74) is 4.38. The average Bonchev–Trinajstić information content (AvgIpc) is 2.90. The fourth-order valence-corrected chi connectivity index (χ4v) is 9.05. The van der Waals surface area contributed by atoms with Crippen molar-refractivity contribution >= 4 is 17.4 Å². The standard InChI is InChI=1S/C33H40N2O2/c36-31(33-18-24-15-25(19-33)17-26(16-24)20-33)22-34-13-11-23(12-14-34)21-35-30-8-4-2-6-28(30)10-9-27-5-1-3-7-29(27)32(35)37/h1-8,23-26H,9-22H2. The fraction of sp³-hybridized carbons (Fsp3) is 0.576. The lowest BCUT2D eigenvalue weighted by molar-refractivity contribution is -0.145. The van der Waals surface area contributed by atoms with Crippen molar-refractivity contribution < 1.29 is 9.59 Å². The fourth-order valence-electron chi connectivity index (χ4n) is 9.05. The van der Waals surface area contributed by atoms with Crippen LogP contribution in [-0.2, 0) is 17.6 Å². The zero-order chi connectivity index (χ0) is 25.0. The highest BCUT2D eigenvalue weighted by atomic mass is 16.2. The van der Waals surface area contributed by atoms with Gasteiger partial charge in [0.15, 0.2) is 5.78 Å². The smallest absolute Gasteiger partial charge is 0.258 e. The number of hydrogen-bond acceptors (Lipinski definition) is 3. The van der Waals surface area contributed by atoms with E-state index in [9.17, 15) is 9.59 Å². The van der Waals surface area contributed by atoms with Gasteiger partial charge >= 0.3 is 0 Å². The quantitative estimate of drug-likeness (QED) is 0.515. The van der Waals surface area contributed by atoms with Gasteiger partial charge < -0.3 is 4.90 Å². The Morgan fingerprint density at radius 3 is 2.11 bits per heavy atom. The van der Waals surface area contributed by atoms with Crippen LogP contribution in [0.1, 0.15) is 72.9 Å². The van der Waals surface area contributed by atoms with Gasteiger partial charge in [0, 0.05) is 23.2 Å². The van der Waals surface area contributed by atoms with Crippen molar-refractivity contribution in [3.63, 3.8) is 0 Å². The summed E-state index contributed by atoms with van der Waals surface area (Å²) in [6.07, 6.45) is 11.7. The first-order chi connectivity index (χ1) is 18.1. The summed E-state index contributed by atoms with van der Waals surface area (Å²) in [7, 11) is 0. The minimum atomic E-state index is 0.0136. The van der Waals surface area contributed by atoms with E-state index >= 15 is 0 Å². The Kier molecular flexibility index (Phi) is 5.99. The minimum absolute atomic E-state index is 0.0136. The molecule has 4 nitrogen and oxygen atoms in total. The molecule has 2 aromatic rings. The molecule has 8 rings (SSSR count). The summed E-state index contributed by atoms with van der Waals surface area (Å²) >= 11 is 0. The van der Waals surface area contributed by atoms with Crippen molar-refractivity contribution in [1.82, 2.24) is 4.90 Å². The maximum atomic E-state index is 13.8. The van der Waals surface area contributed by atoms with Crippen LogP contribution in [0.3, 0.4) is 0 Å². The van der Waals surface area contributed by atoms with Crippen LogP contribution in [0.2, 0.25) is 0 Å². The van der Waals surface area contributed by atoms with Gasteiger partial charge in [-0.3, -0.25) is 14.5 Å². The number of likely N-dealkylation sites (tertiary alicyclic amines) is 1. The normalized spacial score (nSPS) is 31.5. The topological polar surface area (TPSA) is 40.6 Å². The van der Waals surface area contributed by atoms with Gasteiger partial charge in [0.1, 0.15) is 0 Å². The zero-order valence-electron chi connectivity index (χ0n) is 22.0. The zero-order valence-corrected chi connectivity index (χ0v) is 22.0. The number of piperidine rings is 1. The molecule has 194 valence electrons. The monoisotopic (exact) mass is 496 g/mol. The van der Waals surface area contributed by atoms with Crippen LogP contribution >= 0.6 is 0 Å². The Morgan fingerprint density at radius 1 is 0.811 bits per heavy atom. The Balaban J connectivity index is 1.02. The molecule has 4 saturated carbocycles. The average molecular weight is 497 g/mol. The predicted molar refractivity (Wildman–Crippen MR) is 147 cm³/mol. The van der Waals surface area contributed by atoms with Crippen molar-refractivity contribution in [2.24, 2.45) is 29.1 Å². The Bertz CT molecular complexity index is 1160. The van der Waals surface area contributed by atoms with E-state index in [4.69, 9.17) is 0 Å². The number of carbonyl (C=O) groups excluding carboxylic acids is 2. The van der Waals surface area contributed by atoms with Crippen molar-refractivity contribution in [2.45, 2.75) is 64.2 Å². The highest BCUT2D eigenvalue weighted by molar-refractivity contribution is 6.07. The van der Waals surface area contributed by atoms with Gasteiger partial charge in [-0.05, 0) is 124 Å². The maximum absolute atomic E-state index is 13.8. The summed E-state index contributed by atoms with van der Waals surface area (Å²) in [6.45, 7) is 3.37. The summed E-state index contributed by atoms with van der Waals surface area (Å²) in [4.78, 5) is 31.9. The Morgan fingerprint density at radius 2 is 1.41 bits per heavy atom. The third kappa shape index (κ3) is 4.35. The Hall–Kier alpha value is -2.46. The van der Waals surface area contributed by atoms with Crippen molar-refractivity contribution in [1.29, 1.82) is 0 Å². The van der Waals surface area contributed by atoms with Gasteiger partial charge in [0.25, 0.3) is 5.91 Å². The van der Waals surface area contributed by atoms with Crippen molar-refractivity contribution in [3.05, 3.63) is 65.2 Å². The SMILES string of the molecule is O=C1c2ccccc2CCc2ccccc2N1CC1CCN(CC(=O)C23CC4CC(CC(C4)C2)C3)CC1. The molecule has 1 amide bonds. The van der Waals surface area contributed by atoms with E-state index in [1.165, 1.54) is 44.1 Å². The summed E-state index contributed by atoms with van der Waals surface area (Å²) < 4.78 is 0. The molecule has 4 aliphatic carbocycles. The number of Topliss-reactive ketones (excluding diaryl/α,β-unsaturated/α-hetero) is 1.